The van der Waals surface area contributed by atoms with E-state index in [1.165, 1.54) is 51.8 Å². The molecule has 19 heavy (non-hydrogen) atoms. The first-order chi connectivity index (χ1) is 8.95. The fourth-order valence-electron chi connectivity index (χ4n) is 2.59. The second-order valence-electron chi connectivity index (χ2n) is 6.20. The van der Waals surface area contributed by atoms with Crippen LogP contribution in [0.5, 0.6) is 0 Å². The molecule has 0 spiro atoms. The first kappa shape index (κ1) is 19.9. The third-order valence-electron chi connectivity index (χ3n) is 3.91. The summed E-state index contributed by atoms with van der Waals surface area (Å²) >= 11 is -2.43. The minimum absolute atomic E-state index is 1.30. The van der Waals surface area contributed by atoms with Gasteiger partial charge in [-0.15, -0.1) is 0 Å². The van der Waals surface area contributed by atoms with Gasteiger partial charge >= 0.3 is 127 Å². The molecule has 0 heterocycles. The van der Waals surface area contributed by atoms with Crippen molar-refractivity contribution >= 4 is 27.4 Å². The maximum atomic E-state index is 6.81. The van der Waals surface area contributed by atoms with Crippen LogP contribution >= 0.6 is 0 Å². The van der Waals surface area contributed by atoms with E-state index in [0.29, 0.717) is 0 Å². The van der Waals surface area contributed by atoms with Crippen LogP contribution in [0.1, 0.15) is 59.3 Å². The molecule has 0 unspecified atom stereocenters. The Balaban J connectivity index is 4.85. The topological polar surface area (TPSA) is 18.5 Å². The van der Waals surface area contributed by atoms with Gasteiger partial charge in [0.1, 0.15) is 0 Å². The van der Waals surface area contributed by atoms with Crippen molar-refractivity contribution in [1.29, 1.82) is 0 Å². The van der Waals surface area contributed by atoms with Crippen molar-refractivity contribution in [1.82, 2.24) is 0 Å². The summed E-state index contributed by atoms with van der Waals surface area (Å²) < 4.78 is 16.7. The summed E-state index contributed by atoms with van der Waals surface area (Å²) in [6.07, 6.45) is 7.98. The van der Waals surface area contributed by atoms with Crippen molar-refractivity contribution in [2.45, 2.75) is 85.7 Å². The number of hydrogen-bond donors (Lipinski definition) is 0. The zero-order chi connectivity index (χ0) is 14.8. The summed E-state index contributed by atoms with van der Waals surface area (Å²) in [4.78, 5) is 0. The summed E-state index contributed by atoms with van der Waals surface area (Å²) in [6.45, 7) is 11.4. The van der Waals surface area contributed by atoms with Gasteiger partial charge in [-0.2, -0.15) is 0 Å². The standard InChI is InChI=1S/3C4H9.C3H9O2Si.Sn/c3*1-3-4-2;1-5-6(2,3)4;/h3*1,3-4H2,2H3;1-3H3;/q;;;-1;+1. The van der Waals surface area contributed by atoms with Gasteiger partial charge in [0.2, 0.25) is 0 Å². The van der Waals surface area contributed by atoms with Gasteiger partial charge < -0.3 is 0 Å². The SMILES string of the molecule is CCC[CH2][Sn]([CH2]CCC)([CH2]CCC)[O][Si](C)(C)OC. The summed E-state index contributed by atoms with van der Waals surface area (Å²) in [5.74, 6) is 0. The molecule has 0 rings (SSSR count). The Bertz CT molecular complexity index is 200. The third kappa shape index (κ3) is 8.73. The molecule has 0 N–H and O–H groups in total. The van der Waals surface area contributed by atoms with Crippen molar-refractivity contribution in [3.8, 4) is 0 Å². The van der Waals surface area contributed by atoms with Gasteiger partial charge in [-0.25, -0.2) is 0 Å². The van der Waals surface area contributed by atoms with Crippen LogP contribution in [0, 0.1) is 0 Å². The van der Waals surface area contributed by atoms with Crippen LogP contribution in [-0.2, 0) is 7.19 Å². The number of rotatable bonds is 12. The average molecular weight is 395 g/mol. The van der Waals surface area contributed by atoms with Crippen LogP contribution in [0.15, 0.2) is 0 Å². The van der Waals surface area contributed by atoms with Crippen molar-refractivity contribution in [2.24, 2.45) is 0 Å². The Kier molecular flexibility index (Phi) is 11.2. The second-order valence-corrected chi connectivity index (χ2v) is 22.4. The van der Waals surface area contributed by atoms with Gasteiger partial charge in [0.15, 0.2) is 0 Å². The van der Waals surface area contributed by atoms with Gasteiger partial charge in [0.05, 0.1) is 0 Å². The van der Waals surface area contributed by atoms with Crippen molar-refractivity contribution in [2.75, 3.05) is 7.11 Å². The van der Waals surface area contributed by atoms with E-state index in [-0.39, 0.29) is 0 Å². The van der Waals surface area contributed by atoms with Gasteiger partial charge in [0.25, 0.3) is 0 Å². The predicted octanol–water partition coefficient (Wildman–Crippen LogP) is 5.70. The molecule has 0 bridgehead atoms. The molecule has 0 saturated carbocycles. The molecule has 4 heteroatoms. The Labute approximate surface area is 127 Å². The number of unbranched alkanes of at least 4 members (excludes halogenated alkanes) is 3. The van der Waals surface area contributed by atoms with Gasteiger partial charge in [-0.05, 0) is 0 Å². The van der Waals surface area contributed by atoms with Crippen LogP contribution in [0.4, 0.5) is 0 Å². The molecule has 0 saturated heterocycles. The monoisotopic (exact) mass is 396 g/mol. The molecule has 0 fully saturated rings. The molecule has 0 amide bonds. The second kappa shape index (κ2) is 10.6. The molecule has 0 radical (unpaired) electrons. The molecular weight excluding hydrogens is 359 g/mol. The van der Waals surface area contributed by atoms with Crippen LogP contribution < -0.4 is 0 Å². The molecule has 0 aromatic carbocycles. The van der Waals surface area contributed by atoms with E-state index in [0.717, 1.165) is 0 Å². The molecule has 0 aliphatic carbocycles. The Morgan fingerprint density at radius 2 is 1.16 bits per heavy atom. The van der Waals surface area contributed by atoms with Crippen LogP contribution in [0.25, 0.3) is 0 Å². The molecule has 0 aromatic rings. The molecule has 0 atom stereocenters. The zero-order valence-corrected chi connectivity index (χ0v) is 18.0. The summed E-state index contributed by atoms with van der Waals surface area (Å²) in [6, 6.07) is 0. The van der Waals surface area contributed by atoms with Crippen molar-refractivity contribution < 1.29 is 7.19 Å². The number of hydrogen-bond acceptors (Lipinski definition) is 2. The van der Waals surface area contributed by atoms with E-state index in [1.807, 2.05) is 7.11 Å². The summed E-state index contributed by atoms with van der Waals surface area (Å²) in [7, 11) is -0.0337. The van der Waals surface area contributed by atoms with E-state index in [1.54, 1.807) is 0 Å². The van der Waals surface area contributed by atoms with Crippen molar-refractivity contribution in [3.05, 3.63) is 0 Å². The van der Waals surface area contributed by atoms with E-state index >= 15 is 0 Å². The fraction of sp³-hybridized carbons (Fsp3) is 1.00. The molecular formula is C15H36O2SiSn. The average Bonchev–Trinajstić information content (AvgIpc) is 2.40. The van der Waals surface area contributed by atoms with Gasteiger partial charge in [-0.3, -0.25) is 0 Å². The van der Waals surface area contributed by atoms with E-state index in [2.05, 4.69) is 33.9 Å². The third-order valence-corrected chi connectivity index (χ3v) is 24.6. The first-order valence-corrected chi connectivity index (χ1v) is 18.2. The quantitative estimate of drug-likeness (QED) is 0.395. The first-order valence-electron chi connectivity index (χ1n) is 8.20. The molecule has 0 aliphatic rings. The van der Waals surface area contributed by atoms with Crippen molar-refractivity contribution in [3.63, 3.8) is 0 Å². The maximum absolute atomic E-state index is 6.81. The van der Waals surface area contributed by atoms with Gasteiger partial charge in [-0.1, -0.05) is 0 Å². The van der Waals surface area contributed by atoms with E-state index in [9.17, 15) is 0 Å². The Morgan fingerprint density at radius 1 is 0.789 bits per heavy atom. The molecule has 0 aromatic heterocycles. The summed E-state index contributed by atoms with van der Waals surface area (Å²) in [5, 5.41) is 0. The van der Waals surface area contributed by atoms with Crippen LogP contribution in [0.3, 0.4) is 0 Å². The molecule has 2 nitrogen and oxygen atoms in total. The van der Waals surface area contributed by atoms with E-state index in [4.69, 9.17) is 7.19 Å². The molecule has 0 aliphatic heterocycles. The zero-order valence-electron chi connectivity index (χ0n) is 14.2. The van der Waals surface area contributed by atoms with Gasteiger partial charge in [0, 0.05) is 0 Å². The fourth-order valence-corrected chi connectivity index (χ4v) is 27.0. The van der Waals surface area contributed by atoms with Crippen LogP contribution in [-0.4, -0.2) is 34.5 Å². The summed E-state index contributed by atoms with van der Waals surface area (Å²) in [5.41, 5.74) is 0. The minimum atomic E-state index is -2.43. The molecule has 116 valence electrons. The predicted molar refractivity (Wildman–Crippen MR) is 90.5 cm³/mol. The Morgan fingerprint density at radius 3 is 1.42 bits per heavy atom. The van der Waals surface area contributed by atoms with E-state index < -0.39 is 27.4 Å². The normalized spacial score (nSPS) is 12.9. The Hall–Kier alpha value is 0.936. The van der Waals surface area contributed by atoms with Crippen LogP contribution in [0.2, 0.25) is 26.4 Å².